The molecule has 0 saturated carbocycles. The van der Waals surface area contributed by atoms with Crippen LogP contribution in [-0.4, -0.2) is 35.3 Å². The molecule has 5 heterocycles. The van der Waals surface area contributed by atoms with E-state index in [1.165, 1.54) is 0 Å². The van der Waals surface area contributed by atoms with Crippen LogP contribution in [0.15, 0.2) is 23.0 Å². The van der Waals surface area contributed by atoms with Crippen LogP contribution in [0.5, 0.6) is 11.5 Å². The SMILES string of the molecule is CCCO[C@]1(CC)C(=O)OCc2c1cc1n(c2=O)Cc2c-1nc1cc3c(cc1c2CN)OCCO3. The molecule has 2 N–H and O–H groups in total. The van der Waals surface area contributed by atoms with Crippen LogP contribution in [-0.2, 0) is 39.6 Å². The molecule has 0 radical (unpaired) electrons. The summed E-state index contributed by atoms with van der Waals surface area (Å²) in [5.41, 5.74) is 9.63. The van der Waals surface area contributed by atoms with E-state index in [1.54, 1.807) is 4.57 Å². The van der Waals surface area contributed by atoms with E-state index in [4.69, 9.17) is 29.7 Å². The zero-order valence-corrected chi connectivity index (χ0v) is 19.8. The van der Waals surface area contributed by atoms with E-state index < -0.39 is 11.6 Å². The van der Waals surface area contributed by atoms with Crippen molar-refractivity contribution in [3.63, 3.8) is 0 Å². The predicted molar refractivity (Wildman–Crippen MR) is 127 cm³/mol. The lowest BCUT2D eigenvalue weighted by Crippen LogP contribution is -2.46. The Morgan fingerprint density at radius 2 is 1.86 bits per heavy atom. The molecule has 0 spiro atoms. The number of hydrogen-bond donors (Lipinski definition) is 1. The van der Waals surface area contributed by atoms with Gasteiger partial charge in [-0.3, -0.25) is 4.79 Å². The molecule has 1 atom stereocenters. The smallest absolute Gasteiger partial charge is 0.343 e. The summed E-state index contributed by atoms with van der Waals surface area (Å²) in [5.74, 6) is 0.849. The van der Waals surface area contributed by atoms with Crippen molar-refractivity contribution in [1.82, 2.24) is 9.55 Å². The Bertz CT molecular complexity index is 1450. The lowest BCUT2D eigenvalue weighted by molar-refractivity contribution is -0.181. The first kappa shape index (κ1) is 22.1. The number of fused-ring (bicyclic) bond motifs is 6. The van der Waals surface area contributed by atoms with Crippen LogP contribution in [0.2, 0.25) is 0 Å². The van der Waals surface area contributed by atoms with Crippen molar-refractivity contribution >= 4 is 16.9 Å². The minimum absolute atomic E-state index is 0.0680. The highest BCUT2D eigenvalue weighted by Gasteiger charge is 2.48. The normalized spacial score (nSPS) is 19.8. The fourth-order valence-electron chi connectivity index (χ4n) is 5.44. The van der Waals surface area contributed by atoms with Crippen molar-refractivity contribution in [3.05, 3.63) is 50.8 Å². The van der Waals surface area contributed by atoms with Crippen molar-refractivity contribution in [3.8, 4) is 22.9 Å². The number of carbonyl (C=O) groups is 1. The number of hydrogen-bond acceptors (Lipinski definition) is 8. The Labute approximate surface area is 201 Å². The van der Waals surface area contributed by atoms with Crippen LogP contribution in [0.1, 0.15) is 48.9 Å². The number of cyclic esters (lactones) is 1. The predicted octanol–water partition coefficient (Wildman–Crippen LogP) is 2.74. The van der Waals surface area contributed by atoms with Crippen molar-refractivity contribution in [2.45, 2.75) is 52.0 Å². The van der Waals surface area contributed by atoms with Gasteiger partial charge < -0.3 is 29.2 Å². The molecule has 2 aromatic heterocycles. The molecule has 0 amide bonds. The van der Waals surface area contributed by atoms with E-state index in [-0.39, 0.29) is 18.7 Å². The zero-order chi connectivity index (χ0) is 24.3. The first-order valence-electron chi connectivity index (χ1n) is 12.1. The van der Waals surface area contributed by atoms with E-state index in [1.807, 2.05) is 32.0 Å². The number of nitrogens with zero attached hydrogens (tertiary/aromatic N) is 2. The molecule has 0 bridgehead atoms. The van der Waals surface area contributed by atoms with Gasteiger partial charge in [-0.05, 0) is 30.5 Å². The number of ether oxygens (including phenoxy) is 4. The van der Waals surface area contributed by atoms with Crippen molar-refractivity contribution < 1.29 is 23.7 Å². The molecule has 3 aromatic rings. The number of rotatable bonds is 5. The standard InChI is InChI=1S/C26H27N3O6/c1-3-5-35-26(4-2)18-9-20-23-16(12-29(20)24(30)17(18)13-34-25(26)31)15(11-27)14-8-21-22(10-19(14)28-23)33-7-6-32-21/h8-10H,3-7,11-13,27H2,1-2H3/t26-/m0/s1. The van der Waals surface area contributed by atoms with Gasteiger partial charge in [0.15, 0.2) is 17.1 Å². The molecule has 0 aliphatic carbocycles. The van der Waals surface area contributed by atoms with Gasteiger partial charge in [0.25, 0.3) is 5.56 Å². The fraction of sp³-hybridized carbons (Fsp3) is 0.423. The molecule has 35 heavy (non-hydrogen) atoms. The third-order valence-corrected chi connectivity index (χ3v) is 7.19. The number of nitrogens with two attached hydrogens (primary N) is 1. The molecule has 9 nitrogen and oxygen atoms in total. The van der Waals surface area contributed by atoms with E-state index in [2.05, 4.69) is 0 Å². The summed E-state index contributed by atoms with van der Waals surface area (Å²) in [4.78, 5) is 31.6. The van der Waals surface area contributed by atoms with Gasteiger partial charge in [0.05, 0.1) is 29.0 Å². The minimum Gasteiger partial charge on any atom is -0.486 e. The van der Waals surface area contributed by atoms with Crippen molar-refractivity contribution in [2.24, 2.45) is 5.73 Å². The average molecular weight is 478 g/mol. The summed E-state index contributed by atoms with van der Waals surface area (Å²) >= 11 is 0. The first-order valence-corrected chi connectivity index (χ1v) is 12.1. The third kappa shape index (κ3) is 3.04. The molecule has 182 valence electrons. The molecule has 3 aliphatic rings. The van der Waals surface area contributed by atoms with Gasteiger partial charge in [0.1, 0.15) is 19.8 Å². The summed E-state index contributed by atoms with van der Waals surface area (Å²) in [5, 5.41) is 0.883. The molecular weight excluding hydrogens is 450 g/mol. The minimum atomic E-state index is -1.31. The van der Waals surface area contributed by atoms with Crippen LogP contribution in [0.4, 0.5) is 0 Å². The van der Waals surface area contributed by atoms with Crippen LogP contribution in [0, 0.1) is 0 Å². The number of carbonyl (C=O) groups excluding carboxylic acids is 1. The summed E-state index contributed by atoms with van der Waals surface area (Å²) in [6.45, 7) is 5.75. The topological polar surface area (TPSA) is 115 Å². The van der Waals surface area contributed by atoms with Crippen molar-refractivity contribution in [1.29, 1.82) is 0 Å². The Morgan fingerprint density at radius 1 is 1.09 bits per heavy atom. The molecule has 0 saturated heterocycles. The van der Waals surface area contributed by atoms with Gasteiger partial charge in [-0.1, -0.05) is 13.8 Å². The molecule has 3 aliphatic heterocycles. The number of benzene rings is 1. The Kier molecular flexibility index (Phi) is 5.08. The zero-order valence-electron chi connectivity index (χ0n) is 19.8. The second kappa shape index (κ2) is 8.07. The Morgan fingerprint density at radius 3 is 2.57 bits per heavy atom. The summed E-state index contributed by atoms with van der Waals surface area (Å²) in [7, 11) is 0. The van der Waals surface area contributed by atoms with Gasteiger partial charge >= 0.3 is 5.97 Å². The van der Waals surface area contributed by atoms with Gasteiger partial charge in [-0.2, -0.15) is 0 Å². The van der Waals surface area contributed by atoms with Crippen LogP contribution >= 0.6 is 0 Å². The van der Waals surface area contributed by atoms with Gasteiger partial charge in [0.2, 0.25) is 0 Å². The average Bonchev–Trinajstić information content (AvgIpc) is 3.24. The van der Waals surface area contributed by atoms with Crippen LogP contribution in [0.25, 0.3) is 22.3 Å². The molecule has 0 unspecified atom stereocenters. The van der Waals surface area contributed by atoms with E-state index in [0.29, 0.717) is 66.8 Å². The highest BCUT2D eigenvalue weighted by Crippen LogP contribution is 2.43. The second-order valence-corrected chi connectivity index (χ2v) is 9.05. The van der Waals surface area contributed by atoms with Gasteiger partial charge in [0, 0.05) is 35.7 Å². The summed E-state index contributed by atoms with van der Waals surface area (Å²) in [6, 6.07) is 5.67. The van der Waals surface area contributed by atoms with Gasteiger partial charge in [-0.25, -0.2) is 9.78 Å². The van der Waals surface area contributed by atoms with Gasteiger partial charge in [-0.15, -0.1) is 0 Å². The summed E-state index contributed by atoms with van der Waals surface area (Å²) < 4.78 is 24.8. The van der Waals surface area contributed by atoms with E-state index in [0.717, 1.165) is 28.5 Å². The Balaban J connectivity index is 1.60. The maximum atomic E-state index is 13.7. The number of pyridine rings is 2. The third-order valence-electron chi connectivity index (χ3n) is 7.19. The Hall–Kier alpha value is -3.43. The lowest BCUT2D eigenvalue weighted by atomic mass is 9.85. The quantitative estimate of drug-likeness (QED) is 0.437. The monoisotopic (exact) mass is 477 g/mol. The highest BCUT2D eigenvalue weighted by molar-refractivity contribution is 5.91. The molecule has 6 rings (SSSR count). The highest BCUT2D eigenvalue weighted by atomic mass is 16.6. The summed E-state index contributed by atoms with van der Waals surface area (Å²) in [6.07, 6.45) is 1.10. The molecule has 1 aromatic carbocycles. The molecule has 9 heteroatoms. The maximum absolute atomic E-state index is 13.7. The van der Waals surface area contributed by atoms with Crippen LogP contribution < -0.4 is 20.8 Å². The molecule has 0 fully saturated rings. The largest absolute Gasteiger partial charge is 0.486 e. The maximum Gasteiger partial charge on any atom is 0.343 e. The molecular formula is C26H27N3O6. The second-order valence-electron chi connectivity index (χ2n) is 9.05. The van der Waals surface area contributed by atoms with E-state index >= 15 is 0 Å². The van der Waals surface area contributed by atoms with Crippen LogP contribution in [0.3, 0.4) is 0 Å². The fourth-order valence-corrected chi connectivity index (χ4v) is 5.44. The first-order chi connectivity index (χ1) is 17.0. The van der Waals surface area contributed by atoms with Crippen molar-refractivity contribution in [2.75, 3.05) is 19.8 Å². The lowest BCUT2D eigenvalue weighted by Gasteiger charge is -2.36. The van der Waals surface area contributed by atoms with E-state index in [9.17, 15) is 9.59 Å². The number of esters is 1. The number of aromatic nitrogens is 2.